The molecular weight excluding hydrogens is 396 g/mol. The Morgan fingerprint density at radius 1 is 0.724 bits per heavy atom. The van der Waals surface area contributed by atoms with E-state index < -0.39 is 10.2 Å². The van der Waals surface area contributed by atoms with Crippen LogP contribution in [0.15, 0.2) is 101 Å². The van der Waals surface area contributed by atoms with Gasteiger partial charge in [-0.2, -0.15) is 0 Å². The van der Waals surface area contributed by atoms with Crippen LogP contribution >= 0.6 is 0 Å². The summed E-state index contributed by atoms with van der Waals surface area (Å²) in [6.45, 7) is 0.574. The minimum atomic E-state index is -4.94. The fourth-order valence-corrected chi connectivity index (χ4v) is 2.62. The summed E-state index contributed by atoms with van der Waals surface area (Å²) in [6.07, 6.45) is 0. The maximum Gasteiger partial charge on any atom is 0.269 e. The molecule has 0 bridgehead atoms. The number of nitrogens with zero attached hydrogens (tertiary/aromatic N) is 4. The second-order valence-corrected chi connectivity index (χ2v) is 6.64. The number of halogens is 1. The number of hydrazone groups is 1. The van der Waals surface area contributed by atoms with Gasteiger partial charge in [-0.15, -0.1) is 15.3 Å². The van der Waals surface area contributed by atoms with Gasteiger partial charge in [0.15, 0.2) is 0 Å². The maximum absolute atomic E-state index is 8.49. The van der Waals surface area contributed by atoms with E-state index in [9.17, 15) is 0 Å². The van der Waals surface area contributed by atoms with E-state index in [0.717, 1.165) is 16.9 Å². The monoisotopic (exact) mass is 412 g/mol. The van der Waals surface area contributed by atoms with Gasteiger partial charge in [-0.05, 0) is 12.1 Å². The summed E-state index contributed by atoms with van der Waals surface area (Å²) in [5, 5.41) is 11.5. The lowest BCUT2D eigenvalue weighted by Crippen LogP contribution is -2.68. The highest BCUT2D eigenvalue weighted by molar-refractivity contribution is 5.99. The molecule has 0 saturated carbocycles. The molecule has 1 aliphatic heterocycles. The van der Waals surface area contributed by atoms with Crippen LogP contribution in [0.1, 0.15) is 5.56 Å². The Bertz CT molecular complexity index is 972. The normalized spacial score (nSPS) is 13.7. The molecule has 0 N–H and O–H groups in total. The van der Waals surface area contributed by atoms with E-state index in [0.29, 0.717) is 12.5 Å². The number of rotatable bonds is 3. The Morgan fingerprint density at radius 2 is 1.21 bits per heavy atom. The number of benzene rings is 3. The first-order chi connectivity index (χ1) is 13.9. The molecule has 1 heterocycles. The van der Waals surface area contributed by atoms with Crippen LogP contribution in [0.4, 0.5) is 11.4 Å². The minimum Gasteiger partial charge on any atom is -0.222 e. The first kappa shape index (κ1) is 20.6. The smallest absolute Gasteiger partial charge is 0.222 e. The SMILES string of the molecule is [O-][Cl+3]([O-])([O-])[O-].c1ccc(C2=NN(c3ccccc3)C[N+](c3ccccc3)=N2)cc1. The van der Waals surface area contributed by atoms with Crippen molar-refractivity contribution in [2.45, 2.75) is 0 Å². The van der Waals surface area contributed by atoms with Gasteiger partial charge in [0.2, 0.25) is 11.5 Å². The van der Waals surface area contributed by atoms with Crippen molar-refractivity contribution in [2.24, 2.45) is 10.2 Å². The molecule has 0 aliphatic carbocycles. The van der Waals surface area contributed by atoms with Gasteiger partial charge in [-0.1, -0.05) is 71.4 Å². The highest BCUT2D eigenvalue weighted by Crippen LogP contribution is 2.22. The van der Waals surface area contributed by atoms with Crippen molar-refractivity contribution in [1.82, 2.24) is 0 Å². The highest BCUT2D eigenvalue weighted by Gasteiger charge is 2.25. The van der Waals surface area contributed by atoms with E-state index in [2.05, 4.69) is 24.3 Å². The molecule has 3 aromatic rings. The number of hydrogen-bond donors (Lipinski definition) is 0. The lowest BCUT2D eigenvalue weighted by atomic mass is 10.2. The van der Waals surface area contributed by atoms with Gasteiger partial charge in [0.25, 0.3) is 6.67 Å². The number of hydrogen-bond acceptors (Lipinski definition) is 7. The first-order valence-electron chi connectivity index (χ1n) is 8.53. The number of azo groups is 2. The zero-order valence-corrected chi connectivity index (χ0v) is 15.9. The van der Waals surface area contributed by atoms with E-state index in [1.165, 1.54) is 0 Å². The third-order valence-electron chi connectivity index (χ3n) is 3.84. The van der Waals surface area contributed by atoms with Crippen LogP contribution in [-0.2, 0) is 0 Å². The van der Waals surface area contributed by atoms with E-state index >= 15 is 0 Å². The van der Waals surface area contributed by atoms with Gasteiger partial charge in [0.1, 0.15) is 0 Å². The molecule has 0 spiro atoms. The van der Waals surface area contributed by atoms with Crippen molar-refractivity contribution in [2.75, 3.05) is 11.7 Å². The summed E-state index contributed by atoms with van der Waals surface area (Å²) in [5.41, 5.74) is 3.09. The minimum absolute atomic E-state index is 0.574. The van der Waals surface area contributed by atoms with Crippen molar-refractivity contribution < 1.29 is 33.6 Å². The molecular formula is C20H17ClN4O4. The van der Waals surface area contributed by atoms with Gasteiger partial charge >= 0.3 is 0 Å². The van der Waals surface area contributed by atoms with Crippen molar-refractivity contribution >= 4 is 17.2 Å². The second kappa shape index (κ2) is 9.37. The summed E-state index contributed by atoms with van der Waals surface area (Å²) in [5.74, 6) is 0.703. The van der Waals surface area contributed by atoms with Crippen molar-refractivity contribution in [3.63, 3.8) is 0 Å². The molecule has 29 heavy (non-hydrogen) atoms. The molecule has 0 aromatic heterocycles. The van der Waals surface area contributed by atoms with Crippen LogP contribution in [0.3, 0.4) is 0 Å². The predicted octanol–water partition coefficient (Wildman–Crippen LogP) is -0.134. The first-order valence-corrected chi connectivity index (χ1v) is 9.76. The van der Waals surface area contributed by atoms with Crippen LogP contribution < -0.4 is 23.6 Å². The Kier molecular flexibility index (Phi) is 6.65. The summed E-state index contributed by atoms with van der Waals surface area (Å²) in [6, 6.07) is 30.4. The average Bonchev–Trinajstić information content (AvgIpc) is 2.74. The van der Waals surface area contributed by atoms with Crippen molar-refractivity contribution in [3.05, 3.63) is 96.6 Å². The summed E-state index contributed by atoms with van der Waals surface area (Å²) < 4.78 is 35.9. The Labute approximate surface area is 169 Å². The highest BCUT2D eigenvalue weighted by atomic mass is 35.7. The van der Waals surface area contributed by atoms with Gasteiger partial charge in [0, 0.05) is 22.8 Å². The summed E-state index contributed by atoms with van der Waals surface area (Å²) in [4.78, 5) is 0. The zero-order valence-electron chi connectivity index (χ0n) is 15.2. The molecule has 9 heteroatoms. The Hall–Kier alpha value is -3.14. The third kappa shape index (κ3) is 6.46. The molecule has 0 radical (unpaired) electrons. The Morgan fingerprint density at radius 3 is 1.76 bits per heavy atom. The summed E-state index contributed by atoms with van der Waals surface area (Å²) in [7, 11) is -4.94. The largest absolute Gasteiger partial charge is 0.269 e. The van der Waals surface area contributed by atoms with Crippen molar-refractivity contribution in [1.29, 1.82) is 0 Å². The molecule has 8 nitrogen and oxygen atoms in total. The van der Waals surface area contributed by atoms with Crippen LogP contribution in [0.5, 0.6) is 0 Å². The molecule has 1 aliphatic rings. The fourth-order valence-electron chi connectivity index (χ4n) is 2.62. The molecule has 0 saturated heterocycles. The standard InChI is InChI=1S/C20H17N4.ClHO4/c1-4-10-17(11-5-1)20-21-23(18-12-6-2-7-13-18)16-24(22-20)19-14-8-3-9-15-19;2-1(3,4)5/h1-15H,16H2;(H,2,3,4,5)/q+1;/p-1. The van der Waals surface area contributed by atoms with Gasteiger partial charge in [-0.25, -0.2) is 23.6 Å². The fraction of sp³-hybridized carbons (Fsp3) is 0.0500. The molecule has 0 fully saturated rings. The lowest BCUT2D eigenvalue weighted by Gasteiger charge is -2.20. The predicted molar refractivity (Wildman–Crippen MR) is 95.6 cm³/mol. The molecule has 0 amide bonds. The molecule has 0 unspecified atom stereocenters. The van der Waals surface area contributed by atoms with Crippen LogP contribution in [0.2, 0.25) is 0 Å². The van der Waals surface area contributed by atoms with Gasteiger partial charge < -0.3 is 0 Å². The number of para-hydroxylation sites is 2. The number of anilines is 1. The quantitative estimate of drug-likeness (QED) is 0.554. The topological polar surface area (TPSA) is 123 Å². The van der Waals surface area contributed by atoms with E-state index in [1.807, 2.05) is 76.4 Å². The van der Waals surface area contributed by atoms with E-state index in [4.69, 9.17) is 28.9 Å². The molecule has 3 aromatic carbocycles. The summed E-state index contributed by atoms with van der Waals surface area (Å²) >= 11 is 0. The molecule has 148 valence electrons. The molecule has 0 atom stereocenters. The van der Waals surface area contributed by atoms with Gasteiger partial charge in [0.05, 0.1) is 5.69 Å². The van der Waals surface area contributed by atoms with E-state index in [-0.39, 0.29) is 0 Å². The second-order valence-electron chi connectivity index (χ2n) is 5.88. The maximum atomic E-state index is 8.49. The molecule has 4 rings (SSSR count). The zero-order chi connectivity index (χ0) is 20.7. The lowest BCUT2D eigenvalue weighted by molar-refractivity contribution is -2.00. The number of amidine groups is 1. The van der Waals surface area contributed by atoms with Crippen LogP contribution in [0.25, 0.3) is 0 Å². The van der Waals surface area contributed by atoms with E-state index in [1.54, 1.807) is 0 Å². The average molecular weight is 413 g/mol. The third-order valence-corrected chi connectivity index (χ3v) is 3.84. The van der Waals surface area contributed by atoms with Gasteiger partial charge in [-0.3, -0.25) is 0 Å². The van der Waals surface area contributed by atoms with Crippen molar-refractivity contribution in [3.8, 4) is 0 Å². The van der Waals surface area contributed by atoms with Crippen LogP contribution in [-0.4, -0.2) is 17.2 Å². The Balaban J connectivity index is 0.000000431. The van der Waals surface area contributed by atoms with Crippen LogP contribution in [0, 0.1) is 10.2 Å².